The van der Waals surface area contributed by atoms with E-state index in [4.69, 9.17) is 4.74 Å². The average molecular weight is 354 g/mol. The van der Waals surface area contributed by atoms with E-state index in [-0.39, 0.29) is 17.9 Å². The maximum Gasteiger partial charge on any atom is 0.251 e. The molecule has 2 aromatic rings. The number of ether oxygens (including phenoxy) is 1. The molecule has 26 heavy (non-hydrogen) atoms. The molecule has 0 spiro atoms. The molecule has 2 aromatic carbocycles. The second-order valence-electron chi connectivity index (χ2n) is 6.03. The average Bonchev–Trinajstić information content (AvgIpc) is 2.70. The summed E-state index contributed by atoms with van der Waals surface area (Å²) < 4.78 is 5.16. The highest BCUT2D eigenvalue weighted by Gasteiger charge is 2.13. The lowest BCUT2D eigenvalue weighted by molar-refractivity contribution is -0.122. The van der Waals surface area contributed by atoms with Crippen molar-refractivity contribution in [2.24, 2.45) is 0 Å². The van der Waals surface area contributed by atoms with Crippen molar-refractivity contribution < 1.29 is 14.3 Å². The molecular formula is C21H26N2O3. The van der Waals surface area contributed by atoms with Gasteiger partial charge in [0.1, 0.15) is 5.75 Å². The van der Waals surface area contributed by atoms with Crippen LogP contribution >= 0.6 is 0 Å². The van der Waals surface area contributed by atoms with Gasteiger partial charge in [-0.3, -0.25) is 9.59 Å². The van der Waals surface area contributed by atoms with E-state index >= 15 is 0 Å². The van der Waals surface area contributed by atoms with Gasteiger partial charge in [0, 0.05) is 18.5 Å². The van der Waals surface area contributed by atoms with Crippen molar-refractivity contribution in [1.29, 1.82) is 0 Å². The zero-order valence-electron chi connectivity index (χ0n) is 15.3. The zero-order valence-corrected chi connectivity index (χ0v) is 15.3. The fourth-order valence-electron chi connectivity index (χ4n) is 2.67. The van der Waals surface area contributed by atoms with Crippen molar-refractivity contribution in [1.82, 2.24) is 10.6 Å². The maximum absolute atomic E-state index is 12.2. The van der Waals surface area contributed by atoms with E-state index in [2.05, 4.69) is 10.6 Å². The van der Waals surface area contributed by atoms with Crippen LogP contribution in [-0.2, 0) is 4.79 Å². The zero-order chi connectivity index (χ0) is 18.8. The highest BCUT2D eigenvalue weighted by atomic mass is 16.5. The van der Waals surface area contributed by atoms with Gasteiger partial charge in [0.15, 0.2) is 0 Å². The maximum atomic E-state index is 12.2. The molecule has 1 unspecified atom stereocenters. The van der Waals surface area contributed by atoms with Gasteiger partial charge in [-0.2, -0.15) is 0 Å². The number of rotatable bonds is 9. The van der Waals surface area contributed by atoms with Crippen LogP contribution in [0.25, 0.3) is 0 Å². The summed E-state index contributed by atoms with van der Waals surface area (Å²) in [5.41, 5.74) is 1.68. The molecule has 0 bridgehead atoms. The van der Waals surface area contributed by atoms with Gasteiger partial charge in [0.2, 0.25) is 5.91 Å². The Morgan fingerprint density at radius 1 is 1.04 bits per heavy atom. The molecule has 0 heterocycles. The third-order valence-electron chi connectivity index (χ3n) is 4.16. The summed E-state index contributed by atoms with van der Waals surface area (Å²) in [5, 5.41) is 5.88. The van der Waals surface area contributed by atoms with Gasteiger partial charge >= 0.3 is 0 Å². The first-order valence-electron chi connectivity index (χ1n) is 8.90. The molecular weight excluding hydrogens is 328 g/mol. The van der Waals surface area contributed by atoms with Crippen molar-refractivity contribution in [3.05, 3.63) is 65.7 Å². The third kappa shape index (κ3) is 5.92. The first-order chi connectivity index (χ1) is 12.6. The number of carbonyl (C=O) groups is 2. The van der Waals surface area contributed by atoms with Gasteiger partial charge in [-0.25, -0.2) is 0 Å². The summed E-state index contributed by atoms with van der Waals surface area (Å²) in [5.74, 6) is 0.668. The molecule has 0 radical (unpaired) electrons. The van der Waals surface area contributed by atoms with Crippen LogP contribution in [0.5, 0.6) is 5.75 Å². The van der Waals surface area contributed by atoms with E-state index in [0.29, 0.717) is 24.9 Å². The number of carbonyl (C=O) groups excluding carboxylic acids is 2. The fraction of sp³-hybridized carbons (Fsp3) is 0.333. The van der Waals surface area contributed by atoms with E-state index < -0.39 is 0 Å². The normalized spacial score (nSPS) is 11.5. The van der Waals surface area contributed by atoms with Gasteiger partial charge in [0.25, 0.3) is 5.91 Å². The Labute approximate surface area is 154 Å². The first-order valence-corrected chi connectivity index (χ1v) is 8.90. The Kier molecular flexibility index (Phi) is 7.68. The smallest absolute Gasteiger partial charge is 0.251 e. The summed E-state index contributed by atoms with van der Waals surface area (Å²) in [6.45, 7) is 2.51. The second kappa shape index (κ2) is 10.2. The lowest BCUT2D eigenvalue weighted by atomic mass is 10.0. The minimum absolute atomic E-state index is 0.0124. The van der Waals surface area contributed by atoms with Gasteiger partial charge in [-0.15, -0.1) is 0 Å². The molecule has 0 saturated carbocycles. The fourth-order valence-corrected chi connectivity index (χ4v) is 2.67. The van der Waals surface area contributed by atoms with Gasteiger partial charge < -0.3 is 15.4 Å². The number of amides is 2. The highest BCUT2D eigenvalue weighted by Crippen LogP contribution is 2.20. The lowest BCUT2D eigenvalue weighted by Crippen LogP contribution is -2.30. The third-order valence-corrected chi connectivity index (χ3v) is 4.16. The van der Waals surface area contributed by atoms with E-state index in [1.165, 1.54) is 0 Å². The van der Waals surface area contributed by atoms with E-state index in [9.17, 15) is 9.59 Å². The number of benzene rings is 2. The van der Waals surface area contributed by atoms with Crippen LogP contribution < -0.4 is 15.4 Å². The molecule has 0 fully saturated rings. The predicted octanol–water partition coefficient (Wildman–Crippen LogP) is 3.47. The summed E-state index contributed by atoms with van der Waals surface area (Å²) in [6.07, 6.45) is 1.79. The highest BCUT2D eigenvalue weighted by molar-refractivity contribution is 5.94. The monoisotopic (exact) mass is 354 g/mol. The molecule has 0 saturated heterocycles. The molecule has 5 nitrogen and oxygen atoms in total. The minimum atomic E-state index is -0.115. The second-order valence-corrected chi connectivity index (χ2v) is 6.03. The van der Waals surface area contributed by atoms with Crippen molar-refractivity contribution in [2.45, 2.75) is 32.2 Å². The van der Waals surface area contributed by atoms with Gasteiger partial charge in [0.05, 0.1) is 13.2 Å². The quantitative estimate of drug-likeness (QED) is 0.678. The molecule has 2 N–H and O–H groups in total. The molecule has 1 atom stereocenters. The van der Waals surface area contributed by atoms with Crippen molar-refractivity contribution in [3.8, 4) is 5.75 Å². The van der Waals surface area contributed by atoms with E-state index in [1.807, 2.05) is 49.4 Å². The predicted molar refractivity (Wildman–Crippen MR) is 102 cm³/mol. The number of hydrogen-bond acceptors (Lipinski definition) is 3. The van der Waals surface area contributed by atoms with Crippen LogP contribution in [0, 0.1) is 0 Å². The number of nitrogens with one attached hydrogen (secondary N) is 2. The molecule has 2 amide bonds. The molecule has 0 aliphatic rings. The van der Waals surface area contributed by atoms with Crippen LogP contribution in [0.1, 0.15) is 48.1 Å². The van der Waals surface area contributed by atoms with Crippen LogP contribution in [0.3, 0.4) is 0 Å². The standard InChI is InChI=1S/C21H26N2O3/c1-3-19(16-11-13-18(26-2)14-12-16)23-20(24)10-7-15-22-21(25)17-8-5-4-6-9-17/h4-6,8-9,11-14,19H,3,7,10,15H2,1-2H3,(H,22,25)(H,23,24). The van der Waals surface area contributed by atoms with Crippen molar-refractivity contribution >= 4 is 11.8 Å². The molecule has 0 aromatic heterocycles. The summed E-state index contributed by atoms with van der Waals surface area (Å²) in [6, 6.07) is 16.7. The van der Waals surface area contributed by atoms with Crippen LogP contribution in [0.15, 0.2) is 54.6 Å². The molecule has 2 rings (SSSR count). The number of methoxy groups -OCH3 is 1. The van der Waals surface area contributed by atoms with E-state index in [0.717, 1.165) is 17.7 Å². The van der Waals surface area contributed by atoms with Gasteiger partial charge in [-0.05, 0) is 42.7 Å². The van der Waals surface area contributed by atoms with Crippen molar-refractivity contribution in [3.63, 3.8) is 0 Å². The first kappa shape index (κ1) is 19.5. The summed E-state index contributed by atoms with van der Waals surface area (Å²) >= 11 is 0. The van der Waals surface area contributed by atoms with Crippen LogP contribution in [0.4, 0.5) is 0 Å². The lowest BCUT2D eigenvalue weighted by Gasteiger charge is -2.18. The largest absolute Gasteiger partial charge is 0.497 e. The van der Waals surface area contributed by atoms with Crippen LogP contribution in [0.2, 0.25) is 0 Å². The molecule has 0 aliphatic heterocycles. The SMILES string of the molecule is CCC(NC(=O)CCCNC(=O)c1ccccc1)c1ccc(OC)cc1. The Hall–Kier alpha value is -2.82. The van der Waals surface area contributed by atoms with E-state index in [1.54, 1.807) is 19.2 Å². The summed E-state index contributed by atoms with van der Waals surface area (Å²) in [7, 11) is 1.63. The Morgan fingerprint density at radius 3 is 2.35 bits per heavy atom. The summed E-state index contributed by atoms with van der Waals surface area (Å²) in [4.78, 5) is 24.1. The Bertz CT molecular complexity index is 699. The van der Waals surface area contributed by atoms with Gasteiger partial charge in [-0.1, -0.05) is 37.3 Å². The number of hydrogen-bond donors (Lipinski definition) is 2. The molecule has 138 valence electrons. The Morgan fingerprint density at radius 2 is 1.73 bits per heavy atom. The molecule has 5 heteroatoms. The molecule has 0 aliphatic carbocycles. The Balaban J connectivity index is 1.73. The minimum Gasteiger partial charge on any atom is -0.497 e. The van der Waals surface area contributed by atoms with Crippen molar-refractivity contribution in [2.75, 3.05) is 13.7 Å². The topological polar surface area (TPSA) is 67.4 Å². The van der Waals surface area contributed by atoms with Crippen LogP contribution in [-0.4, -0.2) is 25.5 Å².